The lowest BCUT2D eigenvalue weighted by Gasteiger charge is -1.84. The monoisotopic (exact) mass is 212 g/mol. The number of nitriles is 2. The third-order valence-electron chi connectivity index (χ3n) is 0.198. The van der Waals surface area contributed by atoms with Gasteiger partial charge in [0.1, 0.15) is 10.8 Å². The third-order valence-corrected chi connectivity index (χ3v) is 7.01. The van der Waals surface area contributed by atoms with Crippen LogP contribution in [-0.2, 0) is 0 Å². The maximum absolute atomic E-state index is 8.02. The molecule has 0 saturated carbocycles. The van der Waals surface area contributed by atoms with Crippen LogP contribution in [0.1, 0.15) is 0 Å². The van der Waals surface area contributed by atoms with E-state index in [1.807, 2.05) is 10.8 Å². The molecule has 0 unspecified atom stereocenters. The second-order valence-corrected chi connectivity index (χ2v) is 7.56. The van der Waals surface area contributed by atoms with Gasteiger partial charge >= 0.3 is 0 Å². The molecule has 0 spiro atoms. The molecule has 0 heterocycles. The molecule has 0 aliphatic heterocycles. The van der Waals surface area contributed by atoms with Gasteiger partial charge in [-0.2, -0.15) is 10.5 Å². The minimum absolute atomic E-state index is 1.10. The summed E-state index contributed by atoms with van der Waals surface area (Å²) in [7, 11) is 6.33. The van der Waals surface area contributed by atoms with Crippen LogP contribution < -0.4 is 0 Å². The normalized spacial score (nSPS) is 7.78. The predicted octanol–water partition coefficient (Wildman–Crippen LogP) is 3.27. The molecular weight excluding hydrogens is 212 g/mol. The smallest absolute Gasteiger partial charge is 0.145 e. The Bertz CT molecular complexity index is 117. The summed E-state index contributed by atoms with van der Waals surface area (Å²) in [6, 6.07) is 0. The van der Waals surface area contributed by atoms with Crippen LogP contribution >= 0.6 is 51.1 Å². The van der Waals surface area contributed by atoms with E-state index >= 15 is 0 Å². The molecule has 0 saturated heterocycles. The van der Waals surface area contributed by atoms with Crippen molar-refractivity contribution in [1.82, 2.24) is 0 Å². The molecule has 0 radical (unpaired) electrons. The average molecular weight is 212 g/mol. The summed E-state index contributed by atoms with van der Waals surface area (Å²) in [4.78, 5) is 0. The first-order chi connectivity index (χ1) is 4.41. The first kappa shape index (κ1) is 9.73. The molecule has 2 nitrogen and oxygen atoms in total. The van der Waals surface area contributed by atoms with Gasteiger partial charge in [-0.3, -0.25) is 0 Å². The van der Waals surface area contributed by atoms with Crippen LogP contribution in [-0.4, -0.2) is 0 Å². The molecule has 0 aromatic heterocycles. The van der Waals surface area contributed by atoms with Crippen molar-refractivity contribution in [2.24, 2.45) is 0 Å². The molecule has 0 aliphatic carbocycles. The van der Waals surface area contributed by atoms with E-state index in [0.717, 1.165) is 21.6 Å². The molecule has 0 rings (SSSR count). The van der Waals surface area contributed by atoms with Crippen LogP contribution in [0.5, 0.6) is 0 Å². The summed E-state index contributed by atoms with van der Waals surface area (Å²) in [5, 5.41) is 19.8. The zero-order valence-electron chi connectivity index (χ0n) is 3.94. The lowest BCUT2D eigenvalue weighted by molar-refractivity contribution is 1.57. The summed E-state index contributed by atoms with van der Waals surface area (Å²) in [6.07, 6.45) is 0. The van der Waals surface area contributed by atoms with Crippen molar-refractivity contribution in [3.8, 4) is 10.8 Å². The van der Waals surface area contributed by atoms with E-state index in [-0.39, 0.29) is 0 Å². The Morgan fingerprint density at radius 1 is 0.778 bits per heavy atom. The highest BCUT2D eigenvalue weighted by Crippen LogP contribution is 2.47. The fraction of sp³-hybridized carbons (Fsp3) is 0. The summed E-state index contributed by atoms with van der Waals surface area (Å²) in [5.41, 5.74) is 0. The third kappa shape index (κ3) is 8.73. The van der Waals surface area contributed by atoms with Crippen molar-refractivity contribution in [3.05, 3.63) is 0 Å². The summed E-state index contributed by atoms with van der Waals surface area (Å²) < 4.78 is 0. The molecule has 0 N–H and O–H groups in total. The van der Waals surface area contributed by atoms with E-state index in [9.17, 15) is 0 Å². The first-order valence-corrected chi connectivity index (χ1v) is 7.67. The molecule has 7 heteroatoms. The van der Waals surface area contributed by atoms with Crippen LogP contribution in [0.25, 0.3) is 0 Å². The standard InChI is InChI=1S/C2N2S5/c3-1-5-7-9-8-6-2-4. The number of thiocyanates is 2. The van der Waals surface area contributed by atoms with E-state index in [2.05, 4.69) is 0 Å². The van der Waals surface area contributed by atoms with E-state index in [1.54, 1.807) is 0 Å². The number of hydrogen-bond donors (Lipinski definition) is 0. The molecule has 0 bridgehead atoms. The van der Waals surface area contributed by atoms with Crippen molar-refractivity contribution >= 4 is 51.1 Å². The van der Waals surface area contributed by atoms with Gasteiger partial charge in [0, 0.05) is 51.1 Å². The molecule has 0 amide bonds. The van der Waals surface area contributed by atoms with Crippen molar-refractivity contribution in [2.45, 2.75) is 0 Å². The Morgan fingerprint density at radius 3 is 1.56 bits per heavy atom. The fourth-order valence-corrected chi connectivity index (χ4v) is 5.83. The van der Waals surface area contributed by atoms with Gasteiger partial charge in [0.05, 0.1) is 0 Å². The van der Waals surface area contributed by atoms with E-state index in [1.165, 1.54) is 29.5 Å². The van der Waals surface area contributed by atoms with Crippen LogP contribution in [0, 0.1) is 21.3 Å². The van der Waals surface area contributed by atoms with Crippen LogP contribution in [0.3, 0.4) is 0 Å². The van der Waals surface area contributed by atoms with Gasteiger partial charge in [-0.15, -0.1) is 0 Å². The van der Waals surface area contributed by atoms with Gasteiger partial charge in [-0.25, -0.2) is 0 Å². The SMILES string of the molecule is N#CSSSSSC#N. The van der Waals surface area contributed by atoms with E-state index < -0.39 is 0 Å². The zero-order valence-corrected chi connectivity index (χ0v) is 8.02. The number of nitrogens with zero attached hydrogens (tertiary/aromatic N) is 2. The van der Waals surface area contributed by atoms with Gasteiger partial charge in [-0.1, -0.05) is 0 Å². The summed E-state index contributed by atoms with van der Waals surface area (Å²) in [5.74, 6) is 0. The molecular formula is C2N2S5. The summed E-state index contributed by atoms with van der Waals surface area (Å²) >= 11 is 0. The van der Waals surface area contributed by atoms with E-state index in [4.69, 9.17) is 10.5 Å². The zero-order chi connectivity index (χ0) is 6.95. The molecule has 0 aromatic carbocycles. The van der Waals surface area contributed by atoms with Crippen molar-refractivity contribution in [2.75, 3.05) is 0 Å². The largest absolute Gasteiger partial charge is 0.184 e. The highest BCUT2D eigenvalue weighted by Gasteiger charge is 1.89. The predicted molar refractivity (Wildman–Crippen MR) is 49.2 cm³/mol. The molecule has 48 valence electrons. The lowest BCUT2D eigenvalue weighted by Crippen LogP contribution is -1.32. The van der Waals surface area contributed by atoms with Gasteiger partial charge in [0.25, 0.3) is 0 Å². The van der Waals surface area contributed by atoms with Crippen molar-refractivity contribution < 1.29 is 0 Å². The Kier molecular flexibility index (Phi) is 9.44. The average Bonchev–Trinajstić information content (AvgIpc) is 1.89. The van der Waals surface area contributed by atoms with E-state index in [0.29, 0.717) is 0 Å². The van der Waals surface area contributed by atoms with Crippen molar-refractivity contribution in [3.63, 3.8) is 0 Å². The first-order valence-electron chi connectivity index (χ1n) is 1.52. The number of hydrogen-bond acceptors (Lipinski definition) is 7. The highest BCUT2D eigenvalue weighted by atomic mass is 33.8. The Hall–Kier alpha value is 0.730. The topological polar surface area (TPSA) is 47.6 Å². The Morgan fingerprint density at radius 2 is 1.22 bits per heavy atom. The maximum Gasteiger partial charge on any atom is 0.145 e. The minimum atomic E-state index is 1.10. The number of rotatable bonds is 4. The highest BCUT2D eigenvalue weighted by molar-refractivity contribution is 9.36. The Balaban J connectivity index is 2.79. The summed E-state index contributed by atoms with van der Waals surface area (Å²) in [6.45, 7) is 0. The molecule has 0 atom stereocenters. The van der Waals surface area contributed by atoms with Gasteiger partial charge in [-0.05, 0) is 0 Å². The lowest BCUT2D eigenvalue weighted by atomic mass is 11.8. The Labute approximate surface area is 72.1 Å². The van der Waals surface area contributed by atoms with Crippen LogP contribution in [0.15, 0.2) is 0 Å². The second-order valence-electron chi connectivity index (χ2n) is 0.553. The molecule has 0 aromatic rings. The quantitative estimate of drug-likeness (QED) is 0.402. The second kappa shape index (κ2) is 8.73. The molecule has 9 heavy (non-hydrogen) atoms. The van der Waals surface area contributed by atoms with Crippen molar-refractivity contribution in [1.29, 1.82) is 10.5 Å². The van der Waals surface area contributed by atoms with Gasteiger partial charge < -0.3 is 0 Å². The minimum Gasteiger partial charge on any atom is -0.184 e. The maximum atomic E-state index is 8.02. The molecule has 0 aliphatic rings. The fourth-order valence-electron chi connectivity index (χ4n) is 0.0695. The van der Waals surface area contributed by atoms with Crippen LogP contribution in [0.4, 0.5) is 0 Å². The molecule has 0 fully saturated rings. The van der Waals surface area contributed by atoms with Gasteiger partial charge in [0.15, 0.2) is 0 Å². The van der Waals surface area contributed by atoms with Gasteiger partial charge in [0.2, 0.25) is 0 Å². The van der Waals surface area contributed by atoms with Crippen LogP contribution in [0.2, 0.25) is 0 Å².